The van der Waals surface area contributed by atoms with E-state index in [9.17, 15) is 44.7 Å². The molecule has 0 saturated heterocycles. The zero-order valence-electron chi connectivity index (χ0n) is 15.9. The number of anilines is 2. The number of halogens is 6. The highest BCUT2D eigenvalue weighted by Gasteiger charge is 2.55. The van der Waals surface area contributed by atoms with Crippen LogP contribution in [0.2, 0.25) is 0 Å². The second-order valence-corrected chi connectivity index (χ2v) is 8.30. The van der Waals surface area contributed by atoms with Crippen molar-refractivity contribution >= 4 is 27.3 Å². The number of aryl methyl sites for hydroxylation is 1. The van der Waals surface area contributed by atoms with Crippen molar-refractivity contribution in [2.45, 2.75) is 36.7 Å². The van der Waals surface area contributed by atoms with Crippen molar-refractivity contribution < 1.29 is 44.7 Å². The Morgan fingerprint density at radius 1 is 1.00 bits per heavy atom. The number of alkyl halides is 6. The van der Waals surface area contributed by atoms with Crippen LogP contribution in [0.1, 0.15) is 18.1 Å². The molecule has 1 amide bonds. The van der Waals surface area contributed by atoms with Crippen molar-refractivity contribution in [1.29, 1.82) is 0 Å². The van der Waals surface area contributed by atoms with E-state index in [2.05, 4.69) is 0 Å². The Bertz CT molecular complexity index is 1090. The molecule has 6 nitrogen and oxygen atoms in total. The molecule has 0 unspecified atom stereocenters. The minimum Gasteiger partial charge on any atom is -0.373 e. The molecule has 0 aliphatic rings. The summed E-state index contributed by atoms with van der Waals surface area (Å²) in [6.07, 6.45) is -10.2. The fraction of sp³-hybridized carbons (Fsp3) is 0.278. The normalized spacial score (nSPS) is 14.6. The fourth-order valence-corrected chi connectivity index (χ4v) is 3.66. The van der Waals surface area contributed by atoms with Gasteiger partial charge in [0.1, 0.15) is 0 Å². The van der Waals surface area contributed by atoms with Crippen molar-refractivity contribution in [3.63, 3.8) is 0 Å². The van der Waals surface area contributed by atoms with E-state index in [-0.39, 0.29) is 23.9 Å². The Hall–Kier alpha value is -2.80. The molecule has 2 aromatic carbocycles. The lowest BCUT2D eigenvalue weighted by molar-refractivity contribution is -0.242. The Labute approximate surface area is 172 Å². The van der Waals surface area contributed by atoms with Crippen molar-refractivity contribution in [3.05, 3.63) is 53.6 Å². The van der Waals surface area contributed by atoms with Gasteiger partial charge in [-0.1, -0.05) is 12.1 Å². The summed E-state index contributed by atoms with van der Waals surface area (Å²) >= 11 is 0. The average Bonchev–Trinajstić information content (AvgIpc) is 2.62. The van der Waals surface area contributed by atoms with Gasteiger partial charge < -0.3 is 10.4 Å². The molecule has 0 aliphatic heterocycles. The van der Waals surface area contributed by atoms with E-state index in [0.717, 1.165) is 36.4 Å². The molecular weight excluding hydrogens is 454 g/mol. The average molecular weight is 470 g/mol. The van der Waals surface area contributed by atoms with E-state index < -0.39 is 44.3 Å². The van der Waals surface area contributed by atoms with Crippen LogP contribution in [-0.2, 0) is 21.0 Å². The maximum atomic E-state index is 13.1. The van der Waals surface area contributed by atoms with Gasteiger partial charge in [0.25, 0.3) is 15.9 Å². The van der Waals surface area contributed by atoms with Crippen LogP contribution in [0.5, 0.6) is 0 Å². The number of hydrogen-bond donors (Lipinski definition) is 3. The van der Waals surface area contributed by atoms with Gasteiger partial charge in [0.15, 0.2) is 0 Å². The molecule has 170 valence electrons. The number of aliphatic hydroxyl groups is 1. The SMILES string of the molecule is Cc1cc(NS(=O)(=O)c2ccccc2C(F)(F)F)ccc1NC(=O)[C@@](C)(O)C(F)(F)F. The third-order valence-electron chi connectivity index (χ3n) is 4.20. The first-order valence-corrected chi connectivity index (χ1v) is 9.85. The van der Waals surface area contributed by atoms with Crippen LogP contribution in [-0.4, -0.2) is 31.2 Å². The Morgan fingerprint density at radius 3 is 2.10 bits per heavy atom. The predicted molar refractivity (Wildman–Crippen MR) is 98.7 cm³/mol. The topological polar surface area (TPSA) is 95.5 Å². The lowest BCUT2D eigenvalue weighted by Crippen LogP contribution is -2.52. The molecule has 2 rings (SSSR count). The third-order valence-corrected chi connectivity index (χ3v) is 5.64. The molecule has 0 fully saturated rings. The number of hydrogen-bond acceptors (Lipinski definition) is 4. The second-order valence-electron chi connectivity index (χ2n) is 6.65. The molecule has 0 saturated carbocycles. The van der Waals surface area contributed by atoms with Gasteiger partial charge in [-0.25, -0.2) is 8.42 Å². The Balaban J connectivity index is 2.30. The summed E-state index contributed by atoms with van der Waals surface area (Å²) in [5.41, 5.74) is -5.35. The highest BCUT2D eigenvalue weighted by atomic mass is 32.2. The monoisotopic (exact) mass is 470 g/mol. The number of sulfonamides is 1. The van der Waals surface area contributed by atoms with Crippen LogP contribution in [0.4, 0.5) is 37.7 Å². The van der Waals surface area contributed by atoms with Gasteiger partial charge in [-0.15, -0.1) is 0 Å². The quantitative estimate of drug-likeness (QED) is 0.575. The first kappa shape index (κ1) is 24.5. The first-order valence-electron chi connectivity index (χ1n) is 8.37. The predicted octanol–water partition coefficient (Wildman–Crippen LogP) is 4.07. The number of carbonyl (C=O) groups excluding carboxylic acids is 1. The van der Waals surface area contributed by atoms with Crippen LogP contribution in [0.3, 0.4) is 0 Å². The summed E-state index contributed by atoms with van der Waals surface area (Å²) < 4.78 is 104. The summed E-state index contributed by atoms with van der Waals surface area (Å²) in [7, 11) is -4.67. The van der Waals surface area contributed by atoms with Crippen molar-refractivity contribution in [2.75, 3.05) is 10.0 Å². The summed E-state index contributed by atoms with van der Waals surface area (Å²) in [5.74, 6) is -1.77. The van der Waals surface area contributed by atoms with Crippen molar-refractivity contribution in [2.24, 2.45) is 0 Å². The van der Waals surface area contributed by atoms with E-state index in [0.29, 0.717) is 6.07 Å². The minimum absolute atomic E-state index is 0.0793. The maximum absolute atomic E-state index is 13.1. The standard InChI is InChI=1S/C18H16F6N2O4S/c1-10-9-11(7-8-13(10)25-15(27)16(2,28)18(22,23)24)26-31(29,30)14-6-4-3-5-12(14)17(19,20)21/h3-9,26,28H,1-2H3,(H,25,27)/t16-/m1/s1. The number of carbonyl (C=O) groups is 1. The van der Waals surface area contributed by atoms with Gasteiger partial charge in [0.05, 0.1) is 10.5 Å². The van der Waals surface area contributed by atoms with Gasteiger partial charge in [0.2, 0.25) is 5.60 Å². The first-order chi connectivity index (χ1) is 14.0. The highest BCUT2D eigenvalue weighted by Crippen LogP contribution is 2.35. The van der Waals surface area contributed by atoms with Crippen LogP contribution < -0.4 is 10.0 Å². The molecule has 0 aliphatic carbocycles. The van der Waals surface area contributed by atoms with E-state index in [1.54, 1.807) is 0 Å². The summed E-state index contributed by atoms with van der Waals surface area (Å²) in [6.45, 7) is 1.57. The lowest BCUT2D eigenvalue weighted by atomic mass is 10.1. The van der Waals surface area contributed by atoms with Crippen molar-refractivity contribution in [1.82, 2.24) is 0 Å². The van der Waals surface area contributed by atoms with Crippen molar-refractivity contribution in [3.8, 4) is 0 Å². The Morgan fingerprint density at radius 2 is 1.58 bits per heavy atom. The molecule has 31 heavy (non-hydrogen) atoms. The van der Waals surface area contributed by atoms with Gasteiger partial charge >= 0.3 is 12.4 Å². The lowest BCUT2D eigenvalue weighted by Gasteiger charge is -2.25. The second kappa shape index (κ2) is 8.04. The van der Waals surface area contributed by atoms with Crippen LogP contribution >= 0.6 is 0 Å². The smallest absolute Gasteiger partial charge is 0.373 e. The molecule has 0 radical (unpaired) electrons. The summed E-state index contributed by atoms with van der Waals surface area (Å²) in [5, 5.41) is 11.2. The fourth-order valence-electron chi connectivity index (χ4n) is 2.39. The Kier molecular flexibility index (Phi) is 6.34. The molecule has 1 atom stereocenters. The van der Waals surface area contributed by atoms with E-state index in [1.165, 1.54) is 6.92 Å². The largest absolute Gasteiger partial charge is 0.426 e. The molecule has 3 N–H and O–H groups in total. The van der Waals surface area contributed by atoms with Gasteiger partial charge in [-0.2, -0.15) is 26.3 Å². The highest BCUT2D eigenvalue weighted by molar-refractivity contribution is 7.92. The molecule has 0 spiro atoms. The van der Waals surface area contributed by atoms with E-state index in [4.69, 9.17) is 0 Å². The zero-order valence-corrected chi connectivity index (χ0v) is 16.7. The zero-order chi connectivity index (χ0) is 23.8. The molecular formula is C18H16F6N2O4S. The van der Waals surface area contributed by atoms with Crippen LogP contribution in [0.15, 0.2) is 47.4 Å². The van der Waals surface area contributed by atoms with Crippen LogP contribution in [0, 0.1) is 6.92 Å². The number of nitrogens with one attached hydrogen (secondary N) is 2. The maximum Gasteiger partial charge on any atom is 0.426 e. The molecule has 13 heteroatoms. The van der Waals surface area contributed by atoms with Gasteiger partial charge in [0, 0.05) is 11.4 Å². The third kappa shape index (κ3) is 5.28. The minimum atomic E-state index is -5.24. The molecule has 0 aromatic heterocycles. The molecule has 0 bridgehead atoms. The molecule has 2 aromatic rings. The number of amides is 1. The van der Waals surface area contributed by atoms with Gasteiger partial charge in [-0.05, 0) is 49.7 Å². The summed E-state index contributed by atoms with van der Waals surface area (Å²) in [4.78, 5) is 10.7. The molecule has 0 heterocycles. The van der Waals surface area contributed by atoms with E-state index >= 15 is 0 Å². The summed E-state index contributed by atoms with van der Waals surface area (Å²) in [6, 6.07) is 6.66. The van der Waals surface area contributed by atoms with Gasteiger partial charge in [-0.3, -0.25) is 9.52 Å². The number of rotatable bonds is 5. The van der Waals surface area contributed by atoms with E-state index in [1.807, 2.05) is 10.0 Å². The van der Waals surface area contributed by atoms with Crippen LogP contribution in [0.25, 0.3) is 0 Å². The number of benzene rings is 2.